The lowest BCUT2D eigenvalue weighted by Crippen LogP contribution is -2.37. The van der Waals surface area contributed by atoms with E-state index in [4.69, 9.17) is 18.5 Å². The number of quaternary nitrogens is 1. The van der Waals surface area contributed by atoms with E-state index in [-0.39, 0.29) is 25.8 Å². The Kier molecular flexibility index (Phi) is 32.3. The van der Waals surface area contributed by atoms with Gasteiger partial charge in [0.1, 0.15) is 19.3 Å². The summed E-state index contributed by atoms with van der Waals surface area (Å²) in [6.07, 6.45) is 31.1. The zero-order valence-electron chi connectivity index (χ0n) is 31.7. The lowest BCUT2D eigenvalue weighted by Gasteiger charge is -2.28. The van der Waals surface area contributed by atoms with Gasteiger partial charge in [0, 0.05) is 13.0 Å². The molecule has 0 spiro atoms. The zero-order valence-corrected chi connectivity index (χ0v) is 32.6. The third-order valence-electron chi connectivity index (χ3n) is 8.66. The molecule has 9 heteroatoms. The topological polar surface area (TPSA) is 94.1 Å². The van der Waals surface area contributed by atoms with Crippen LogP contribution in [0.4, 0.5) is 0 Å². The van der Waals surface area contributed by atoms with E-state index in [1.807, 2.05) is 21.1 Å². The van der Waals surface area contributed by atoms with Crippen LogP contribution in [0.25, 0.3) is 0 Å². The maximum atomic E-state index is 12.6. The fourth-order valence-electron chi connectivity index (χ4n) is 5.55. The van der Waals surface area contributed by atoms with Gasteiger partial charge in [-0.3, -0.25) is 9.36 Å². The molecular weight excluding hydrogens is 613 g/mol. The fourth-order valence-corrected chi connectivity index (χ4v) is 6.27. The minimum absolute atomic E-state index is 0.0307. The fraction of sp³-hybridized carbons (Fsp3) is 0.974. The molecule has 282 valence electrons. The minimum Gasteiger partial charge on any atom is -0.756 e. The predicted octanol–water partition coefficient (Wildman–Crippen LogP) is 10.3. The molecule has 8 nitrogen and oxygen atoms in total. The normalized spacial score (nSPS) is 13.9. The quantitative estimate of drug-likeness (QED) is 0.0277. The van der Waals surface area contributed by atoms with Gasteiger partial charge >= 0.3 is 5.97 Å². The Balaban J connectivity index is 4.16. The Labute approximate surface area is 291 Å². The first-order chi connectivity index (χ1) is 22.6. The molecule has 0 saturated carbocycles. The first kappa shape index (κ1) is 46.5. The molecule has 0 fully saturated rings. The Morgan fingerprint density at radius 1 is 0.574 bits per heavy atom. The molecule has 0 bridgehead atoms. The largest absolute Gasteiger partial charge is 0.756 e. The molecule has 0 aliphatic rings. The average molecular weight is 692 g/mol. The molecule has 0 saturated heterocycles. The van der Waals surface area contributed by atoms with Gasteiger partial charge in [0.15, 0.2) is 0 Å². The molecule has 0 aliphatic heterocycles. The van der Waals surface area contributed by atoms with Crippen LogP contribution in [0, 0.1) is 0 Å². The van der Waals surface area contributed by atoms with Crippen LogP contribution in [0.3, 0.4) is 0 Å². The average Bonchev–Trinajstić information content (AvgIpc) is 3.01. The molecule has 0 aromatic heterocycles. The van der Waals surface area contributed by atoms with Crippen LogP contribution < -0.4 is 4.89 Å². The monoisotopic (exact) mass is 692 g/mol. The summed E-state index contributed by atoms with van der Waals surface area (Å²) in [6, 6.07) is 0. The molecule has 0 aromatic carbocycles. The van der Waals surface area contributed by atoms with Crippen molar-refractivity contribution in [2.24, 2.45) is 0 Å². The number of likely N-dealkylation sites (N-methyl/N-ethyl adjacent to an activating group) is 1. The van der Waals surface area contributed by atoms with Crippen molar-refractivity contribution in [3.8, 4) is 0 Å². The van der Waals surface area contributed by atoms with Crippen molar-refractivity contribution in [3.63, 3.8) is 0 Å². The van der Waals surface area contributed by atoms with E-state index in [0.29, 0.717) is 24.1 Å². The van der Waals surface area contributed by atoms with Crippen molar-refractivity contribution in [1.82, 2.24) is 0 Å². The van der Waals surface area contributed by atoms with Gasteiger partial charge in [0.25, 0.3) is 7.82 Å². The summed E-state index contributed by atoms with van der Waals surface area (Å²) < 4.78 is 34.4. The summed E-state index contributed by atoms with van der Waals surface area (Å²) in [6.45, 7) is 5.42. The van der Waals surface area contributed by atoms with Crippen LogP contribution in [-0.4, -0.2) is 70.7 Å². The van der Waals surface area contributed by atoms with Crippen LogP contribution in [0.1, 0.15) is 181 Å². The third-order valence-corrected chi connectivity index (χ3v) is 9.62. The molecule has 0 radical (unpaired) electrons. The first-order valence-electron chi connectivity index (χ1n) is 19.8. The number of phosphoric acid groups is 1. The summed E-state index contributed by atoms with van der Waals surface area (Å²) in [5, 5.41) is 0. The van der Waals surface area contributed by atoms with Gasteiger partial charge < -0.3 is 27.9 Å². The smallest absolute Gasteiger partial charge is 0.306 e. The summed E-state index contributed by atoms with van der Waals surface area (Å²) in [7, 11) is 1.37. The highest BCUT2D eigenvalue weighted by molar-refractivity contribution is 7.45. The summed E-state index contributed by atoms with van der Waals surface area (Å²) >= 11 is 0. The lowest BCUT2D eigenvalue weighted by molar-refractivity contribution is -0.870. The molecule has 0 aromatic rings. The SMILES string of the molecule is CCCCCCCCCCCCCCCCCCCC(=O)OC(COCCCCCCCCCC)COP(=O)([O-])OCC[N+](C)(C)C. The maximum Gasteiger partial charge on any atom is 0.306 e. The molecular formula is C38H78NO7P. The highest BCUT2D eigenvalue weighted by Gasteiger charge is 2.20. The number of carbonyl (C=O) groups excluding carboxylic acids is 1. The van der Waals surface area contributed by atoms with E-state index in [2.05, 4.69) is 13.8 Å². The van der Waals surface area contributed by atoms with E-state index in [1.165, 1.54) is 128 Å². The molecule has 0 N–H and O–H groups in total. The highest BCUT2D eigenvalue weighted by atomic mass is 31.2. The molecule has 0 aliphatic carbocycles. The summed E-state index contributed by atoms with van der Waals surface area (Å²) in [5.41, 5.74) is 0. The molecule has 47 heavy (non-hydrogen) atoms. The van der Waals surface area contributed by atoms with Crippen LogP contribution in [0.5, 0.6) is 0 Å². The Bertz CT molecular complexity index is 731. The number of nitrogens with zero attached hydrogens (tertiary/aromatic N) is 1. The predicted molar refractivity (Wildman–Crippen MR) is 194 cm³/mol. The lowest BCUT2D eigenvalue weighted by atomic mass is 10.0. The van der Waals surface area contributed by atoms with Crippen LogP contribution in [0.15, 0.2) is 0 Å². The van der Waals surface area contributed by atoms with Gasteiger partial charge in [-0.25, -0.2) is 0 Å². The van der Waals surface area contributed by atoms with Crippen LogP contribution in [-0.2, 0) is 27.9 Å². The Morgan fingerprint density at radius 2 is 0.979 bits per heavy atom. The van der Waals surface area contributed by atoms with E-state index < -0.39 is 13.9 Å². The van der Waals surface area contributed by atoms with E-state index >= 15 is 0 Å². The van der Waals surface area contributed by atoms with Crippen molar-refractivity contribution >= 4 is 13.8 Å². The van der Waals surface area contributed by atoms with Gasteiger partial charge in [-0.2, -0.15) is 0 Å². The van der Waals surface area contributed by atoms with Crippen LogP contribution in [0.2, 0.25) is 0 Å². The van der Waals surface area contributed by atoms with Gasteiger partial charge in [-0.15, -0.1) is 0 Å². The van der Waals surface area contributed by atoms with Gasteiger partial charge in [-0.1, -0.05) is 162 Å². The zero-order chi connectivity index (χ0) is 34.9. The Morgan fingerprint density at radius 3 is 1.40 bits per heavy atom. The Hall–Kier alpha value is -0.500. The van der Waals surface area contributed by atoms with Gasteiger partial charge in [0.2, 0.25) is 0 Å². The molecule has 2 atom stereocenters. The van der Waals surface area contributed by atoms with Gasteiger partial charge in [0.05, 0.1) is 34.4 Å². The molecule has 0 heterocycles. The number of rotatable bonds is 37. The van der Waals surface area contributed by atoms with Crippen molar-refractivity contribution in [2.45, 2.75) is 187 Å². The van der Waals surface area contributed by atoms with E-state index in [9.17, 15) is 14.3 Å². The molecule has 0 amide bonds. The van der Waals surface area contributed by atoms with Crippen molar-refractivity contribution in [1.29, 1.82) is 0 Å². The van der Waals surface area contributed by atoms with Crippen molar-refractivity contribution < 1.29 is 37.3 Å². The number of esters is 1. The summed E-state index contributed by atoms with van der Waals surface area (Å²) in [5.74, 6) is -0.332. The number of hydrogen-bond acceptors (Lipinski definition) is 7. The van der Waals surface area contributed by atoms with Crippen LogP contribution >= 0.6 is 7.82 Å². The van der Waals surface area contributed by atoms with Crippen molar-refractivity contribution in [3.05, 3.63) is 0 Å². The maximum absolute atomic E-state index is 12.6. The highest BCUT2D eigenvalue weighted by Crippen LogP contribution is 2.38. The second kappa shape index (κ2) is 32.7. The first-order valence-corrected chi connectivity index (χ1v) is 21.2. The summed E-state index contributed by atoms with van der Waals surface area (Å²) in [4.78, 5) is 24.9. The number of phosphoric ester groups is 1. The third kappa shape index (κ3) is 36.6. The van der Waals surface area contributed by atoms with E-state index in [0.717, 1.165) is 32.1 Å². The van der Waals surface area contributed by atoms with E-state index in [1.54, 1.807) is 0 Å². The molecule has 0 rings (SSSR count). The second-order valence-corrected chi connectivity index (χ2v) is 16.1. The van der Waals surface area contributed by atoms with Crippen molar-refractivity contribution in [2.75, 3.05) is 54.1 Å². The minimum atomic E-state index is -4.50. The number of unbranched alkanes of at least 4 members (excludes halogenated alkanes) is 23. The van der Waals surface area contributed by atoms with Gasteiger partial charge in [-0.05, 0) is 12.8 Å². The number of carbonyl (C=O) groups is 1. The second-order valence-electron chi connectivity index (χ2n) is 14.7. The standard InChI is InChI=1S/C38H78NO7P/c1-6-8-10-12-14-16-17-18-19-20-21-22-23-24-25-27-29-31-38(40)46-37(35-43-33-30-28-26-15-13-11-9-7-2)36-45-47(41,42)44-34-32-39(3,4)5/h37H,6-36H2,1-5H3. The number of ether oxygens (including phenoxy) is 2. The molecule has 2 unspecified atom stereocenters. The number of hydrogen-bond donors (Lipinski definition) is 0.